The highest BCUT2D eigenvalue weighted by Gasteiger charge is 2.32. The Labute approximate surface area is 108 Å². The first-order chi connectivity index (χ1) is 8.53. The molecule has 1 atom stereocenters. The first-order valence-electron chi connectivity index (χ1n) is 5.97. The van der Waals surface area contributed by atoms with Gasteiger partial charge >= 0.3 is 11.9 Å². The maximum absolute atomic E-state index is 11.2. The van der Waals surface area contributed by atoms with Gasteiger partial charge in [-0.2, -0.15) is 0 Å². The maximum Gasteiger partial charge on any atom is 0.330 e. The van der Waals surface area contributed by atoms with Gasteiger partial charge in [0.15, 0.2) is 0 Å². The van der Waals surface area contributed by atoms with Crippen LogP contribution < -0.4 is 0 Å². The average molecular weight is 258 g/mol. The maximum atomic E-state index is 11.2. The number of methoxy groups -OCH3 is 1. The number of esters is 2. The van der Waals surface area contributed by atoms with Gasteiger partial charge < -0.3 is 14.2 Å². The van der Waals surface area contributed by atoms with Gasteiger partial charge in [-0.05, 0) is 6.42 Å². The minimum atomic E-state index is -0.502. The molecule has 0 aromatic carbocycles. The fourth-order valence-corrected chi connectivity index (χ4v) is 1.36. The SMILES string of the molecule is C=CC(=O)OCC(CC)(COC)COC(=O)CC. The van der Waals surface area contributed by atoms with Gasteiger partial charge in [-0.25, -0.2) is 4.79 Å². The topological polar surface area (TPSA) is 61.8 Å². The van der Waals surface area contributed by atoms with Crippen LogP contribution in [0.5, 0.6) is 0 Å². The first-order valence-corrected chi connectivity index (χ1v) is 5.97. The standard InChI is InChI=1S/C13H22O5/c1-5-11(14)17-9-13(7-3,8-16-4)10-18-12(15)6-2/h5H,1,6-10H2,2-4H3. The van der Waals surface area contributed by atoms with Gasteiger partial charge in [-0.15, -0.1) is 0 Å². The van der Waals surface area contributed by atoms with Gasteiger partial charge in [0, 0.05) is 19.6 Å². The summed E-state index contributed by atoms with van der Waals surface area (Å²) in [5, 5.41) is 0. The molecular formula is C13H22O5. The van der Waals surface area contributed by atoms with Crippen molar-refractivity contribution in [3.05, 3.63) is 12.7 Å². The van der Waals surface area contributed by atoms with Crippen molar-refractivity contribution in [2.24, 2.45) is 5.41 Å². The summed E-state index contributed by atoms with van der Waals surface area (Å²) in [7, 11) is 1.56. The quantitative estimate of drug-likeness (QED) is 0.465. The average Bonchev–Trinajstić information content (AvgIpc) is 2.41. The smallest absolute Gasteiger partial charge is 0.330 e. The Morgan fingerprint density at radius 2 is 1.78 bits per heavy atom. The molecule has 0 bridgehead atoms. The normalized spacial score (nSPS) is 13.5. The molecule has 104 valence electrons. The Hall–Kier alpha value is -1.36. The fourth-order valence-electron chi connectivity index (χ4n) is 1.36. The van der Waals surface area contributed by atoms with E-state index in [4.69, 9.17) is 14.2 Å². The van der Waals surface area contributed by atoms with Crippen molar-refractivity contribution >= 4 is 11.9 Å². The van der Waals surface area contributed by atoms with Crippen molar-refractivity contribution in [2.75, 3.05) is 26.9 Å². The minimum absolute atomic E-state index is 0.138. The summed E-state index contributed by atoms with van der Waals surface area (Å²) >= 11 is 0. The van der Waals surface area contributed by atoms with Crippen molar-refractivity contribution in [1.82, 2.24) is 0 Å². The van der Waals surface area contributed by atoms with Crippen LogP contribution in [0.2, 0.25) is 0 Å². The molecule has 0 aromatic heterocycles. The molecule has 0 aromatic rings. The highest BCUT2D eigenvalue weighted by molar-refractivity contribution is 5.81. The first kappa shape index (κ1) is 16.6. The molecule has 0 radical (unpaired) electrons. The van der Waals surface area contributed by atoms with Crippen molar-refractivity contribution in [3.8, 4) is 0 Å². The van der Waals surface area contributed by atoms with Crippen LogP contribution in [0.3, 0.4) is 0 Å². The van der Waals surface area contributed by atoms with Crippen LogP contribution >= 0.6 is 0 Å². The van der Waals surface area contributed by atoms with Crippen molar-refractivity contribution in [3.63, 3.8) is 0 Å². The van der Waals surface area contributed by atoms with Crippen LogP contribution in [-0.4, -0.2) is 38.9 Å². The van der Waals surface area contributed by atoms with Crippen LogP contribution in [0, 0.1) is 5.41 Å². The lowest BCUT2D eigenvalue weighted by atomic mass is 9.88. The van der Waals surface area contributed by atoms with Gasteiger partial charge in [0.25, 0.3) is 0 Å². The highest BCUT2D eigenvalue weighted by atomic mass is 16.6. The van der Waals surface area contributed by atoms with E-state index in [0.29, 0.717) is 19.4 Å². The molecule has 0 fully saturated rings. The lowest BCUT2D eigenvalue weighted by molar-refractivity contribution is -0.154. The Kier molecular flexibility index (Phi) is 8.03. The van der Waals surface area contributed by atoms with Gasteiger partial charge in [0.05, 0.1) is 12.0 Å². The Morgan fingerprint density at radius 3 is 2.22 bits per heavy atom. The molecule has 0 rings (SSSR count). The van der Waals surface area contributed by atoms with E-state index in [1.807, 2.05) is 6.92 Å². The minimum Gasteiger partial charge on any atom is -0.465 e. The highest BCUT2D eigenvalue weighted by Crippen LogP contribution is 2.24. The van der Waals surface area contributed by atoms with E-state index in [0.717, 1.165) is 6.08 Å². The molecule has 0 saturated carbocycles. The van der Waals surface area contributed by atoms with Gasteiger partial charge in [-0.3, -0.25) is 4.79 Å². The van der Waals surface area contributed by atoms with Crippen LogP contribution in [-0.2, 0) is 23.8 Å². The molecule has 0 heterocycles. The van der Waals surface area contributed by atoms with Crippen LogP contribution in [0.25, 0.3) is 0 Å². The molecule has 5 heteroatoms. The monoisotopic (exact) mass is 258 g/mol. The van der Waals surface area contributed by atoms with Crippen LogP contribution in [0.15, 0.2) is 12.7 Å². The van der Waals surface area contributed by atoms with Crippen molar-refractivity contribution < 1.29 is 23.8 Å². The predicted octanol–water partition coefficient (Wildman–Crippen LogP) is 1.71. The molecule has 0 amide bonds. The van der Waals surface area contributed by atoms with Crippen molar-refractivity contribution in [2.45, 2.75) is 26.7 Å². The van der Waals surface area contributed by atoms with Crippen molar-refractivity contribution in [1.29, 1.82) is 0 Å². The van der Waals surface area contributed by atoms with Gasteiger partial charge in [0.1, 0.15) is 13.2 Å². The van der Waals surface area contributed by atoms with E-state index in [-0.39, 0.29) is 19.2 Å². The zero-order valence-corrected chi connectivity index (χ0v) is 11.4. The molecule has 0 aliphatic heterocycles. The second kappa shape index (κ2) is 8.69. The molecule has 0 spiro atoms. The number of carbonyl (C=O) groups excluding carboxylic acids is 2. The number of hydrogen-bond donors (Lipinski definition) is 0. The molecule has 0 saturated heterocycles. The molecule has 0 aliphatic rings. The fraction of sp³-hybridized carbons (Fsp3) is 0.692. The van der Waals surface area contributed by atoms with Gasteiger partial charge in [-0.1, -0.05) is 20.4 Å². The summed E-state index contributed by atoms with van der Waals surface area (Å²) < 4.78 is 15.3. The number of hydrogen-bond acceptors (Lipinski definition) is 5. The molecular weight excluding hydrogens is 236 g/mol. The van der Waals surface area contributed by atoms with E-state index in [1.165, 1.54) is 0 Å². The third-order valence-electron chi connectivity index (χ3n) is 2.72. The summed E-state index contributed by atoms with van der Waals surface area (Å²) in [6.07, 6.45) is 2.09. The Balaban J connectivity index is 4.53. The second-order valence-electron chi connectivity index (χ2n) is 4.11. The largest absolute Gasteiger partial charge is 0.465 e. The van der Waals surface area contributed by atoms with E-state index in [9.17, 15) is 9.59 Å². The third kappa shape index (κ3) is 5.82. The summed E-state index contributed by atoms with van der Waals surface area (Å²) in [6, 6.07) is 0. The van der Waals surface area contributed by atoms with Crippen LogP contribution in [0.4, 0.5) is 0 Å². The van der Waals surface area contributed by atoms with Gasteiger partial charge in [0.2, 0.25) is 0 Å². The third-order valence-corrected chi connectivity index (χ3v) is 2.72. The number of carbonyl (C=O) groups is 2. The summed E-state index contributed by atoms with van der Waals surface area (Å²) in [5.41, 5.74) is -0.502. The Bertz CT molecular complexity index is 287. The molecule has 5 nitrogen and oxygen atoms in total. The van der Waals surface area contributed by atoms with E-state index < -0.39 is 11.4 Å². The zero-order valence-electron chi connectivity index (χ0n) is 11.4. The number of ether oxygens (including phenoxy) is 3. The van der Waals surface area contributed by atoms with Crippen LogP contribution in [0.1, 0.15) is 26.7 Å². The predicted molar refractivity (Wildman–Crippen MR) is 67.0 cm³/mol. The summed E-state index contributed by atoms with van der Waals surface area (Å²) in [5.74, 6) is -0.773. The van der Waals surface area contributed by atoms with E-state index in [1.54, 1.807) is 14.0 Å². The molecule has 0 aliphatic carbocycles. The summed E-state index contributed by atoms with van der Waals surface area (Å²) in [6.45, 7) is 7.65. The molecule has 1 unspecified atom stereocenters. The lowest BCUT2D eigenvalue weighted by Crippen LogP contribution is -2.37. The van der Waals surface area contributed by atoms with E-state index >= 15 is 0 Å². The summed E-state index contributed by atoms with van der Waals surface area (Å²) in [4.78, 5) is 22.3. The Morgan fingerprint density at radius 1 is 1.17 bits per heavy atom. The lowest BCUT2D eigenvalue weighted by Gasteiger charge is -2.30. The van der Waals surface area contributed by atoms with E-state index in [2.05, 4.69) is 6.58 Å². The second-order valence-corrected chi connectivity index (χ2v) is 4.11. The number of rotatable bonds is 9. The molecule has 18 heavy (non-hydrogen) atoms. The zero-order chi connectivity index (χ0) is 14.0. The molecule has 0 N–H and O–H groups in total.